The first-order chi connectivity index (χ1) is 7.92. The molecule has 1 atom stereocenters. The molecule has 0 spiro atoms. The third kappa shape index (κ3) is 2.83. The fourth-order valence-electron chi connectivity index (χ4n) is 2.45. The maximum absolute atomic E-state index is 9.11. The molecule has 1 heterocycles. The molecule has 1 unspecified atom stereocenters. The highest BCUT2D eigenvalue weighted by atomic mass is 16.5. The summed E-state index contributed by atoms with van der Waals surface area (Å²) in [7, 11) is 0. The van der Waals surface area contributed by atoms with Gasteiger partial charge in [-0.05, 0) is 25.7 Å². The Bertz CT molecular complexity index is 270. The highest BCUT2D eigenvalue weighted by Gasteiger charge is 2.25. The van der Waals surface area contributed by atoms with Gasteiger partial charge in [0.05, 0.1) is 25.0 Å². The van der Waals surface area contributed by atoms with E-state index in [0.29, 0.717) is 6.04 Å². The van der Waals surface area contributed by atoms with Crippen LogP contribution in [0.25, 0.3) is 0 Å². The molecular weight excluding hydrogens is 204 g/mol. The first-order valence-electron chi connectivity index (χ1n) is 6.09. The summed E-state index contributed by atoms with van der Waals surface area (Å²) in [5.41, 5.74) is 0.936. The zero-order chi connectivity index (χ0) is 11.2. The molecule has 1 N–H and O–H groups in total. The van der Waals surface area contributed by atoms with Crippen LogP contribution in [0.2, 0.25) is 0 Å². The lowest BCUT2D eigenvalue weighted by Gasteiger charge is -2.35. The van der Waals surface area contributed by atoms with Crippen LogP contribution < -0.4 is 0 Å². The monoisotopic (exact) mass is 224 g/mol. The number of hydrogen-bond donors (Lipinski definition) is 1. The van der Waals surface area contributed by atoms with E-state index < -0.39 is 0 Å². The highest BCUT2D eigenvalue weighted by Crippen LogP contribution is 2.17. The number of nitrogens with zero attached hydrogens (tertiary/aromatic N) is 2. The van der Waals surface area contributed by atoms with Gasteiger partial charge in [-0.1, -0.05) is 17.3 Å². The van der Waals surface area contributed by atoms with Crippen molar-refractivity contribution in [3.8, 4) is 0 Å². The van der Waals surface area contributed by atoms with Crippen LogP contribution in [0.4, 0.5) is 0 Å². The van der Waals surface area contributed by atoms with Gasteiger partial charge in [0.2, 0.25) is 0 Å². The molecule has 0 saturated carbocycles. The van der Waals surface area contributed by atoms with E-state index in [4.69, 9.17) is 9.94 Å². The molecule has 1 aliphatic heterocycles. The van der Waals surface area contributed by atoms with Gasteiger partial charge in [-0.25, -0.2) is 0 Å². The van der Waals surface area contributed by atoms with Gasteiger partial charge in [-0.3, -0.25) is 4.90 Å². The Hall–Kier alpha value is -0.870. The van der Waals surface area contributed by atoms with Crippen molar-refractivity contribution in [1.29, 1.82) is 0 Å². The molecule has 4 heteroatoms. The van der Waals surface area contributed by atoms with Crippen LogP contribution in [-0.2, 0) is 4.74 Å². The number of ether oxygens (including phenoxy) is 1. The summed E-state index contributed by atoms with van der Waals surface area (Å²) < 4.78 is 5.36. The van der Waals surface area contributed by atoms with Crippen molar-refractivity contribution in [2.24, 2.45) is 5.16 Å². The lowest BCUT2D eigenvalue weighted by Crippen LogP contribution is -2.47. The van der Waals surface area contributed by atoms with Gasteiger partial charge in [0.1, 0.15) is 0 Å². The van der Waals surface area contributed by atoms with Crippen LogP contribution in [0.1, 0.15) is 25.7 Å². The van der Waals surface area contributed by atoms with E-state index in [1.807, 2.05) is 0 Å². The Morgan fingerprint density at radius 1 is 1.25 bits per heavy atom. The van der Waals surface area contributed by atoms with Gasteiger partial charge in [0.15, 0.2) is 0 Å². The second kappa shape index (κ2) is 6.01. The van der Waals surface area contributed by atoms with Crippen LogP contribution in [0.15, 0.2) is 17.3 Å². The molecule has 1 saturated heterocycles. The van der Waals surface area contributed by atoms with Gasteiger partial charge in [0.25, 0.3) is 0 Å². The molecule has 0 aromatic rings. The minimum absolute atomic E-state index is 0.304. The van der Waals surface area contributed by atoms with Crippen LogP contribution >= 0.6 is 0 Å². The van der Waals surface area contributed by atoms with Crippen molar-refractivity contribution in [2.45, 2.75) is 31.7 Å². The molecule has 0 radical (unpaired) electrons. The first kappa shape index (κ1) is 11.6. The average molecular weight is 224 g/mol. The molecule has 0 amide bonds. The predicted octanol–water partition coefficient (Wildman–Crippen LogP) is 1.65. The molecule has 2 aliphatic rings. The minimum Gasteiger partial charge on any atom is -0.411 e. The SMILES string of the molecule is O/N=C1\CC/C=C\CCC1N1CCOCC1. The summed E-state index contributed by atoms with van der Waals surface area (Å²) in [4.78, 5) is 2.39. The fraction of sp³-hybridized carbons (Fsp3) is 0.750. The van der Waals surface area contributed by atoms with Crippen LogP contribution in [-0.4, -0.2) is 48.2 Å². The van der Waals surface area contributed by atoms with Gasteiger partial charge < -0.3 is 9.94 Å². The number of allylic oxidation sites excluding steroid dienone is 2. The molecule has 0 aromatic carbocycles. The summed E-state index contributed by atoms with van der Waals surface area (Å²) in [6, 6.07) is 0.304. The Morgan fingerprint density at radius 2 is 2.00 bits per heavy atom. The second-order valence-corrected chi connectivity index (χ2v) is 4.34. The molecule has 0 bridgehead atoms. The van der Waals surface area contributed by atoms with Gasteiger partial charge in [0, 0.05) is 13.1 Å². The molecule has 16 heavy (non-hydrogen) atoms. The van der Waals surface area contributed by atoms with Crippen molar-refractivity contribution in [1.82, 2.24) is 4.90 Å². The maximum Gasteiger partial charge on any atom is 0.0745 e. The molecular formula is C12H20N2O2. The van der Waals surface area contributed by atoms with Crippen LogP contribution in [0.3, 0.4) is 0 Å². The van der Waals surface area contributed by atoms with E-state index in [2.05, 4.69) is 22.2 Å². The van der Waals surface area contributed by atoms with Crippen molar-refractivity contribution in [2.75, 3.05) is 26.3 Å². The molecule has 4 nitrogen and oxygen atoms in total. The highest BCUT2D eigenvalue weighted by molar-refractivity contribution is 5.89. The number of morpholine rings is 1. The molecule has 1 fully saturated rings. The van der Waals surface area contributed by atoms with Crippen molar-refractivity contribution in [3.05, 3.63) is 12.2 Å². The van der Waals surface area contributed by atoms with Gasteiger partial charge in [-0.15, -0.1) is 0 Å². The largest absolute Gasteiger partial charge is 0.411 e. The van der Waals surface area contributed by atoms with Crippen molar-refractivity contribution < 1.29 is 9.94 Å². The average Bonchev–Trinajstić information content (AvgIpc) is 2.30. The summed E-state index contributed by atoms with van der Waals surface area (Å²) in [5.74, 6) is 0. The summed E-state index contributed by atoms with van der Waals surface area (Å²) in [6.45, 7) is 3.50. The van der Waals surface area contributed by atoms with Crippen LogP contribution in [0, 0.1) is 0 Å². The number of rotatable bonds is 1. The van der Waals surface area contributed by atoms with Gasteiger partial charge >= 0.3 is 0 Å². The Morgan fingerprint density at radius 3 is 2.75 bits per heavy atom. The predicted molar refractivity (Wildman–Crippen MR) is 63.0 cm³/mol. The first-order valence-corrected chi connectivity index (χ1v) is 6.09. The summed E-state index contributed by atoms with van der Waals surface area (Å²) in [5, 5.41) is 12.6. The summed E-state index contributed by atoms with van der Waals surface area (Å²) in [6.07, 6.45) is 8.40. The molecule has 90 valence electrons. The second-order valence-electron chi connectivity index (χ2n) is 4.34. The van der Waals surface area contributed by atoms with E-state index in [1.165, 1.54) is 0 Å². The van der Waals surface area contributed by atoms with E-state index in [1.54, 1.807) is 0 Å². The Kier molecular flexibility index (Phi) is 4.36. The minimum atomic E-state index is 0.304. The van der Waals surface area contributed by atoms with Crippen LogP contribution in [0.5, 0.6) is 0 Å². The zero-order valence-corrected chi connectivity index (χ0v) is 9.64. The van der Waals surface area contributed by atoms with Crippen molar-refractivity contribution >= 4 is 5.71 Å². The lowest BCUT2D eigenvalue weighted by atomic mass is 9.97. The Labute approximate surface area is 96.6 Å². The lowest BCUT2D eigenvalue weighted by molar-refractivity contribution is 0.0269. The summed E-state index contributed by atoms with van der Waals surface area (Å²) >= 11 is 0. The Balaban J connectivity index is 2.04. The number of oxime groups is 1. The standard InChI is InChI=1S/C12H20N2O2/c15-13-11-5-3-1-2-4-6-12(11)14-7-9-16-10-8-14/h1-2,12,15H,3-10H2/b2-1-,13-11+. The van der Waals surface area contributed by atoms with E-state index >= 15 is 0 Å². The third-order valence-electron chi connectivity index (χ3n) is 3.34. The van der Waals surface area contributed by atoms with E-state index in [0.717, 1.165) is 57.7 Å². The normalized spacial score (nSPS) is 33.2. The number of hydrogen-bond acceptors (Lipinski definition) is 4. The van der Waals surface area contributed by atoms with E-state index in [9.17, 15) is 0 Å². The molecule has 0 aromatic heterocycles. The zero-order valence-electron chi connectivity index (χ0n) is 9.64. The molecule has 1 aliphatic carbocycles. The van der Waals surface area contributed by atoms with Gasteiger partial charge in [-0.2, -0.15) is 0 Å². The van der Waals surface area contributed by atoms with Crippen molar-refractivity contribution in [3.63, 3.8) is 0 Å². The molecule has 2 rings (SSSR count). The topological polar surface area (TPSA) is 45.1 Å². The quantitative estimate of drug-likeness (QED) is 0.418. The smallest absolute Gasteiger partial charge is 0.0745 e. The fourth-order valence-corrected chi connectivity index (χ4v) is 2.45. The maximum atomic E-state index is 9.11. The van der Waals surface area contributed by atoms with E-state index in [-0.39, 0.29) is 0 Å². The third-order valence-corrected chi connectivity index (χ3v) is 3.34.